The maximum absolute atomic E-state index is 8.66. The Kier molecular flexibility index (Phi) is 21.2. The molecule has 0 aliphatic rings. The fourth-order valence-electron chi connectivity index (χ4n) is 0. The van der Waals surface area contributed by atoms with Crippen LogP contribution in [0.15, 0.2) is 0 Å². The molecule has 74 valence electrons. The van der Waals surface area contributed by atoms with Gasteiger partial charge in [0.25, 0.3) is 0 Å². The van der Waals surface area contributed by atoms with Crippen LogP contribution in [0.4, 0.5) is 0 Å². The van der Waals surface area contributed by atoms with Crippen molar-refractivity contribution in [2.75, 3.05) is 0 Å². The van der Waals surface area contributed by atoms with Crippen molar-refractivity contribution >= 4 is 16.4 Å². The largest absolute Gasteiger partial charge is 0.790 e. The Labute approximate surface area is 63.7 Å². The third kappa shape index (κ3) is 6220. The molecule has 0 saturated carbocycles. The van der Waals surface area contributed by atoms with E-state index in [0.717, 1.165) is 0 Å². The van der Waals surface area contributed by atoms with Gasteiger partial charge in [0.2, 0.25) is 0 Å². The zero-order valence-corrected chi connectivity index (χ0v) is 7.70. The van der Waals surface area contributed by atoms with E-state index < -0.39 is 16.4 Å². The van der Waals surface area contributed by atoms with Gasteiger partial charge >= 0.3 is 8.60 Å². The molecule has 0 aromatic carbocycles. The Morgan fingerprint density at radius 1 is 1.09 bits per heavy atom. The van der Waals surface area contributed by atoms with Gasteiger partial charge in [-0.1, -0.05) is 0 Å². The molecule has 0 aromatic heterocycles. The summed E-state index contributed by atoms with van der Waals surface area (Å²) in [5, 5.41) is 0. The maximum atomic E-state index is 8.66. The Balaban J connectivity index is -0.0000000383. The van der Waals surface area contributed by atoms with Gasteiger partial charge in [-0.3, -0.25) is 0 Å². The van der Waals surface area contributed by atoms with Crippen LogP contribution < -0.4 is 22.1 Å². The van der Waals surface area contributed by atoms with Gasteiger partial charge in [0.05, 0.1) is 7.82 Å². The fourth-order valence-corrected chi connectivity index (χ4v) is 0. The van der Waals surface area contributed by atoms with Crippen molar-refractivity contribution in [1.82, 2.24) is 12.3 Å². The summed E-state index contributed by atoms with van der Waals surface area (Å²) < 4.78 is 8.66. The topological polar surface area (TPSA) is 217 Å². The molecule has 0 saturated heterocycles. The van der Waals surface area contributed by atoms with Crippen LogP contribution in [0, 0.1) is 0 Å². The zero-order valence-electron chi connectivity index (χ0n) is 5.91. The molecule has 0 bridgehead atoms. The molecule has 12 N–H and O–H groups in total. The van der Waals surface area contributed by atoms with Crippen LogP contribution in [0.25, 0.3) is 0 Å². The molecule has 0 radical (unpaired) electrons. The molecule has 11 heavy (non-hydrogen) atoms. The van der Waals surface area contributed by atoms with Crippen LogP contribution in [0.2, 0.25) is 0 Å². The first kappa shape index (κ1) is 22.5. The van der Waals surface area contributed by atoms with Gasteiger partial charge in [-0.05, 0) is 0 Å². The summed E-state index contributed by atoms with van der Waals surface area (Å²) in [6.45, 7) is 0. The highest BCUT2D eigenvalue weighted by Gasteiger charge is 1.76. The normalized spacial score (nSPS) is 8.64. The lowest BCUT2D eigenvalue weighted by molar-refractivity contribution is -0.337. The third-order valence-electron chi connectivity index (χ3n) is 0. The number of hydrogen-bond donors (Lipinski definition) is 6. The second-order valence-electron chi connectivity index (χ2n) is 0.737. The fraction of sp³-hybridized carbons (Fsp3) is 0. The predicted molar refractivity (Wildman–Crippen MR) is 35.4 cm³/mol. The first-order valence-electron chi connectivity index (χ1n) is 1.35. The standard InChI is InChI=1S/2H3N.H3O4P.H3O3P/c;;1-5(2,3)4;1-4(2)3/h2*1H3;(H3,1,2,3,4);1-3H. The quantitative estimate of drug-likeness (QED) is 0.243. The molecule has 0 unspecified atom stereocenters. The Morgan fingerprint density at radius 2 is 1.09 bits per heavy atom. The first-order chi connectivity index (χ1) is 3.73. The average Bonchev–Trinajstić information content (AvgIpc) is 1.19. The van der Waals surface area contributed by atoms with E-state index >= 15 is 0 Å². The molecule has 11 heteroatoms. The Hall–Kier alpha value is 0.340. The summed E-state index contributed by atoms with van der Waals surface area (Å²) >= 11 is 0. The van der Waals surface area contributed by atoms with E-state index in [1.807, 2.05) is 0 Å². The average molecular weight is 214 g/mol. The van der Waals surface area contributed by atoms with Gasteiger partial charge < -0.3 is 46.2 Å². The monoisotopic (exact) mass is 214 g/mol. The minimum Gasteiger partial charge on any atom is -0.790 e. The lowest BCUT2D eigenvalue weighted by Crippen LogP contribution is -2.11. The molecule has 0 atom stereocenters. The predicted octanol–water partition coefficient (Wildman–Crippen LogP) is -2.25. The number of quaternary nitrogens is 2. The second-order valence-corrected chi connectivity index (χ2v) is 2.21. The summed E-state index contributed by atoms with van der Waals surface area (Å²) in [6.07, 6.45) is 0. The highest BCUT2D eigenvalue weighted by atomic mass is 31.2. The van der Waals surface area contributed by atoms with E-state index in [4.69, 9.17) is 33.9 Å². The van der Waals surface area contributed by atoms with E-state index in [1.165, 1.54) is 0 Å². The van der Waals surface area contributed by atoms with Crippen LogP contribution in [0.5, 0.6) is 0 Å². The van der Waals surface area contributed by atoms with E-state index in [-0.39, 0.29) is 12.3 Å². The van der Waals surface area contributed by atoms with E-state index in [1.54, 1.807) is 0 Å². The van der Waals surface area contributed by atoms with Crippen molar-refractivity contribution in [3.63, 3.8) is 0 Å². The van der Waals surface area contributed by atoms with Gasteiger partial charge in [-0.25, -0.2) is 0 Å². The second kappa shape index (κ2) is 10.3. The molecule has 0 aliphatic carbocycles. The van der Waals surface area contributed by atoms with Crippen LogP contribution in [-0.2, 0) is 4.57 Å². The highest BCUT2D eigenvalue weighted by molar-refractivity contribution is 7.42. The van der Waals surface area contributed by atoms with Gasteiger partial charge in [-0.2, -0.15) is 0 Å². The van der Waals surface area contributed by atoms with Crippen LogP contribution >= 0.6 is 16.4 Å². The summed E-state index contributed by atoms with van der Waals surface area (Å²) in [7, 11) is -7.76. The highest BCUT2D eigenvalue weighted by Crippen LogP contribution is 2.11. The van der Waals surface area contributed by atoms with Crippen LogP contribution in [0.1, 0.15) is 0 Å². The maximum Gasteiger partial charge on any atom is 0.324 e. The van der Waals surface area contributed by atoms with Crippen LogP contribution in [0.3, 0.4) is 0 Å². The minimum atomic E-state index is -5.14. The molecular weight excluding hydrogens is 202 g/mol. The van der Waals surface area contributed by atoms with E-state index in [2.05, 4.69) is 0 Å². The lowest BCUT2D eigenvalue weighted by Gasteiger charge is -2.19. The van der Waals surface area contributed by atoms with Crippen molar-refractivity contribution in [3.8, 4) is 0 Å². The van der Waals surface area contributed by atoms with E-state index in [0.29, 0.717) is 0 Å². The molecule has 0 heterocycles. The Bertz CT molecular complexity index is 85.6. The Morgan fingerprint density at radius 3 is 1.09 bits per heavy atom. The summed E-state index contributed by atoms with van der Waals surface area (Å²) in [5.41, 5.74) is 0. The smallest absolute Gasteiger partial charge is 0.324 e. The summed E-state index contributed by atoms with van der Waals surface area (Å²) in [5.74, 6) is 0. The first-order valence-corrected chi connectivity index (χ1v) is 4.04. The van der Waals surface area contributed by atoms with Gasteiger partial charge in [0, 0.05) is 0 Å². The SMILES string of the molecule is O=P([O-])([O-])O.OP(O)O.[NH4+].[NH4+]. The van der Waals surface area contributed by atoms with Crippen molar-refractivity contribution in [2.24, 2.45) is 0 Å². The third-order valence-corrected chi connectivity index (χ3v) is 0. The van der Waals surface area contributed by atoms with Crippen molar-refractivity contribution < 1.29 is 33.9 Å². The van der Waals surface area contributed by atoms with Gasteiger partial charge in [-0.15, -0.1) is 0 Å². The number of rotatable bonds is 0. The zero-order chi connectivity index (χ0) is 8.08. The number of hydrogen-bond acceptors (Lipinski definition) is 6. The summed E-state index contributed by atoms with van der Waals surface area (Å²) in [4.78, 5) is 46.0. The van der Waals surface area contributed by atoms with E-state index in [9.17, 15) is 0 Å². The lowest BCUT2D eigenvalue weighted by atomic mass is 14.0. The molecule has 0 rings (SSSR count). The molecule has 0 amide bonds. The molecule has 0 aliphatic heterocycles. The minimum absolute atomic E-state index is 0. The van der Waals surface area contributed by atoms with Crippen LogP contribution in [-0.4, -0.2) is 19.6 Å². The van der Waals surface area contributed by atoms with Crippen molar-refractivity contribution in [2.45, 2.75) is 0 Å². The number of phosphoric acid groups is 1. The molecule has 0 fully saturated rings. The molecule has 9 nitrogen and oxygen atoms in total. The van der Waals surface area contributed by atoms with Gasteiger partial charge in [0.1, 0.15) is 0 Å². The van der Waals surface area contributed by atoms with Crippen molar-refractivity contribution in [3.05, 3.63) is 0 Å². The van der Waals surface area contributed by atoms with Crippen molar-refractivity contribution in [1.29, 1.82) is 0 Å². The molecule has 0 spiro atoms. The molecular formula is H12N2O7P2. The van der Waals surface area contributed by atoms with Gasteiger partial charge in [0.15, 0.2) is 0 Å². The molecule has 0 aromatic rings. The summed E-state index contributed by atoms with van der Waals surface area (Å²) in [6, 6.07) is 0.